The molecule has 0 aliphatic heterocycles. The van der Waals surface area contributed by atoms with Crippen molar-refractivity contribution in [3.63, 3.8) is 0 Å². The molecule has 1 aliphatic rings. The van der Waals surface area contributed by atoms with Crippen LogP contribution in [0.4, 0.5) is 17.1 Å². The lowest BCUT2D eigenvalue weighted by molar-refractivity contribution is 0.768. The third kappa shape index (κ3) is 7.17. The summed E-state index contributed by atoms with van der Waals surface area (Å²) in [5.74, 6) is 0. The van der Waals surface area contributed by atoms with Gasteiger partial charge in [-0.15, -0.1) is 0 Å². The maximum absolute atomic E-state index is 2.73. The topological polar surface area (TPSA) is 3.24 Å². The highest BCUT2D eigenvalue weighted by Gasteiger charge is 2.47. The number of anilines is 3. The summed E-state index contributed by atoms with van der Waals surface area (Å²) < 4.78 is 0. The predicted octanol–water partition coefficient (Wildman–Crippen LogP) is -4.07. The van der Waals surface area contributed by atoms with Crippen molar-refractivity contribution in [2.45, 2.75) is 5.41 Å². The van der Waals surface area contributed by atoms with Gasteiger partial charge in [0.25, 0.3) is 0 Å². The van der Waals surface area contributed by atoms with E-state index in [1.165, 1.54) is 171 Å². The molecule has 12 rings (SSSR count). The van der Waals surface area contributed by atoms with E-state index >= 15 is 0 Å². The highest BCUT2D eigenvalue weighted by Crippen LogP contribution is 2.58. The average Bonchev–Trinajstić information content (AvgIpc) is 4.00. The summed E-state index contributed by atoms with van der Waals surface area (Å²) >= 11 is 0. The number of fused-ring (bicyclic) bond motifs is 5. The van der Waals surface area contributed by atoms with Gasteiger partial charge < -0.3 is 4.90 Å². The molecule has 0 heterocycles. The first kappa shape index (κ1) is 49.4. The summed E-state index contributed by atoms with van der Waals surface area (Å²) in [7, 11) is 28.5. The molecule has 11 aromatic carbocycles. The number of nitrogens with zero attached hydrogens (tertiary/aromatic N) is 1. The maximum atomic E-state index is 2.73. The van der Waals surface area contributed by atoms with Gasteiger partial charge in [0.05, 0.1) is 5.41 Å². The van der Waals surface area contributed by atoms with Gasteiger partial charge in [-0.25, -0.2) is 0 Å². The van der Waals surface area contributed by atoms with E-state index in [9.17, 15) is 0 Å². The summed E-state index contributed by atoms with van der Waals surface area (Å²) in [6.07, 6.45) is 0. The maximum Gasteiger partial charge on any atom is 0.141 e. The number of hydrogen-bond acceptors (Lipinski definition) is 1. The van der Waals surface area contributed by atoms with Crippen molar-refractivity contribution in [2.75, 3.05) is 4.90 Å². The lowest BCUT2D eigenvalue weighted by atomic mass is 9.61. The van der Waals surface area contributed by atoms with E-state index < -0.39 is 5.41 Å². The smallest absolute Gasteiger partial charge is 0.141 e. The van der Waals surface area contributed by atoms with E-state index in [-0.39, 0.29) is 0 Å². The zero-order chi connectivity index (χ0) is 52.9. The van der Waals surface area contributed by atoms with Crippen LogP contribution in [0, 0.1) is 0 Å². The molecular formula is C63H55B12N. The predicted molar refractivity (Wildman–Crippen MR) is 368 cm³/mol. The van der Waals surface area contributed by atoms with Gasteiger partial charge in [0.1, 0.15) is 94.2 Å². The largest absolute Gasteiger partial charge is 0.314 e. The Balaban J connectivity index is 1.15. The summed E-state index contributed by atoms with van der Waals surface area (Å²) in [5, 5.41) is 5.10. The minimum atomic E-state index is -0.487. The molecule has 0 saturated carbocycles. The minimum absolute atomic E-state index is 0.487. The van der Waals surface area contributed by atoms with Gasteiger partial charge in [0, 0.05) is 17.1 Å². The first-order valence-corrected chi connectivity index (χ1v) is 27.2. The zero-order valence-corrected chi connectivity index (χ0v) is 46.3. The average molecular weight is 956 g/mol. The molecular weight excluding hydrogens is 900 g/mol. The molecule has 0 bridgehead atoms. The fourth-order valence-electron chi connectivity index (χ4n) is 14.0. The van der Waals surface area contributed by atoms with Crippen LogP contribution in [0.3, 0.4) is 0 Å². The van der Waals surface area contributed by atoms with Crippen LogP contribution >= 0.6 is 0 Å². The van der Waals surface area contributed by atoms with Crippen LogP contribution in [-0.2, 0) is 5.41 Å². The molecule has 0 unspecified atom stereocenters. The molecule has 0 atom stereocenters. The molecule has 348 valence electrons. The second kappa shape index (κ2) is 19.0. The Labute approximate surface area is 460 Å². The van der Waals surface area contributed by atoms with Crippen LogP contribution in [0.1, 0.15) is 22.3 Å². The minimum Gasteiger partial charge on any atom is -0.314 e. The summed E-state index contributed by atoms with van der Waals surface area (Å²) in [6.45, 7) is 0. The molecule has 0 saturated heterocycles. The van der Waals surface area contributed by atoms with Crippen LogP contribution in [0.15, 0.2) is 188 Å². The molecule has 1 aliphatic carbocycles. The van der Waals surface area contributed by atoms with E-state index in [4.69, 9.17) is 0 Å². The Bertz CT molecular complexity index is 3930. The summed E-state index contributed by atoms with van der Waals surface area (Å²) in [4.78, 5) is 2.73. The highest BCUT2D eigenvalue weighted by atomic mass is 15.2. The third-order valence-electron chi connectivity index (χ3n) is 18.3. The van der Waals surface area contributed by atoms with Crippen LogP contribution in [-0.4, -0.2) is 94.2 Å². The van der Waals surface area contributed by atoms with Crippen LogP contribution in [0.2, 0.25) is 0 Å². The number of rotatable bonds is 8. The Morgan fingerprint density at radius 1 is 0.237 bits per heavy atom. The fraction of sp³-hybridized carbons (Fsp3) is 0.0159. The highest BCUT2D eigenvalue weighted by molar-refractivity contribution is 6.68. The van der Waals surface area contributed by atoms with Crippen molar-refractivity contribution in [1.82, 2.24) is 0 Å². The fourth-order valence-corrected chi connectivity index (χ4v) is 14.0. The first-order valence-electron chi connectivity index (χ1n) is 27.2. The van der Waals surface area contributed by atoms with Gasteiger partial charge in [-0.1, -0.05) is 254 Å². The van der Waals surface area contributed by atoms with E-state index in [0.717, 1.165) is 0 Å². The number of hydrogen-bond donors (Lipinski definition) is 0. The summed E-state index contributed by atoms with van der Waals surface area (Å²) in [6, 6.07) is 69.9. The van der Waals surface area contributed by atoms with Crippen molar-refractivity contribution < 1.29 is 0 Å². The van der Waals surface area contributed by atoms with Crippen LogP contribution in [0.5, 0.6) is 0 Å². The normalized spacial score (nSPS) is 12.4. The van der Waals surface area contributed by atoms with Crippen LogP contribution < -0.4 is 70.5 Å². The second-order valence-electron chi connectivity index (χ2n) is 21.8. The molecule has 0 aromatic heterocycles. The molecule has 0 fully saturated rings. The Kier molecular flexibility index (Phi) is 12.3. The standard InChI is InChI=1S/C63H55B12N/c64-48-45(38-27-13-18-32-16-7-9-24-36(32)38)49(65)55(71)60(54(48)70)76(61-56(72)50(66)46(51(67)57(61)73)39-28-14-19-33-17-8-10-25-37(33)39)62-58(74)52(68)47(53(69)59(62)75)41-29-15-31-43-44(41)40-26-11-12-30-42(40)63(43,34-20-3-1-4-21-34)35-22-5-2-6-23-35/h1-31H,64-75H2. The van der Waals surface area contributed by atoms with E-state index in [1.807, 2.05) is 0 Å². The van der Waals surface area contributed by atoms with Gasteiger partial charge in [-0.05, 0) is 88.3 Å². The Morgan fingerprint density at radius 2 is 0.539 bits per heavy atom. The van der Waals surface area contributed by atoms with Gasteiger partial charge >= 0.3 is 0 Å². The molecule has 0 amide bonds. The molecule has 0 radical (unpaired) electrons. The summed E-state index contributed by atoms with van der Waals surface area (Å²) in [5.41, 5.74) is 34.6. The molecule has 1 nitrogen and oxygen atoms in total. The van der Waals surface area contributed by atoms with Crippen LogP contribution in [0.25, 0.3) is 66.1 Å². The monoisotopic (exact) mass is 958 g/mol. The lowest BCUT2D eigenvalue weighted by Crippen LogP contribution is -2.54. The number of benzene rings is 11. The molecule has 0 N–H and O–H groups in total. The first-order chi connectivity index (χ1) is 36.8. The van der Waals surface area contributed by atoms with Gasteiger partial charge in [0.15, 0.2) is 0 Å². The quantitative estimate of drug-likeness (QED) is 0.141. The van der Waals surface area contributed by atoms with Gasteiger partial charge in [-0.3, -0.25) is 0 Å². The Hall–Kier alpha value is -7.48. The second-order valence-corrected chi connectivity index (χ2v) is 21.8. The van der Waals surface area contributed by atoms with E-state index in [1.54, 1.807) is 0 Å². The SMILES string of the molecule is Bc1c(B)c(N(c2c(B)c(B)c(-c3cccc4ccccc34)c(B)c2B)c2c(B)c(B)c(-c3cccc4ccccc34)c(B)c2B)c(B)c(B)c1-c1cccc2c1-c1ccccc1C2(c1ccccc1)c1ccccc1. The molecule has 11 aromatic rings. The lowest BCUT2D eigenvalue weighted by Gasteiger charge is -2.39. The van der Waals surface area contributed by atoms with Crippen molar-refractivity contribution in [3.8, 4) is 44.5 Å². The van der Waals surface area contributed by atoms with Crippen molar-refractivity contribution >= 4 is 198 Å². The van der Waals surface area contributed by atoms with E-state index in [2.05, 4.69) is 287 Å². The van der Waals surface area contributed by atoms with Gasteiger partial charge in [0.2, 0.25) is 0 Å². The van der Waals surface area contributed by atoms with E-state index in [0.29, 0.717) is 0 Å². The third-order valence-corrected chi connectivity index (χ3v) is 18.3. The Morgan fingerprint density at radius 3 is 0.974 bits per heavy atom. The molecule has 76 heavy (non-hydrogen) atoms. The molecule has 13 heteroatoms. The zero-order valence-electron chi connectivity index (χ0n) is 46.3. The van der Waals surface area contributed by atoms with Crippen molar-refractivity contribution in [1.29, 1.82) is 0 Å². The van der Waals surface area contributed by atoms with Crippen molar-refractivity contribution in [2.24, 2.45) is 0 Å². The molecule has 0 spiro atoms. The van der Waals surface area contributed by atoms with Crippen molar-refractivity contribution in [3.05, 3.63) is 210 Å². The van der Waals surface area contributed by atoms with Gasteiger partial charge in [-0.2, -0.15) is 0 Å².